The van der Waals surface area contributed by atoms with Crippen molar-refractivity contribution in [1.82, 2.24) is 10.5 Å². The van der Waals surface area contributed by atoms with Gasteiger partial charge in [0, 0.05) is 23.7 Å². The van der Waals surface area contributed by atoms with E-state index in [9.17, 15) is 0 Å². The fourth-order valence-electron chi connectivity index (χ4n) is 5.89. The van der Waals surface area contributed by atoms with Crippen LogP contribution in [0.3, 0.4) is 0 Å². The van der Waals surface area contributed by atoms with Gasteiger partial charge in [0.25, 0.3) is 0 Å². The van der Waals surface area contributed by atoms with Gasteiger partial charge in [-0.1, -0.05) is 5.16 Å². The Balaban J connectivity index is 1.27. The van der Waals surface area contributed by atoms with Crippen LogP contribution in [0.4, 0.5) is 0 Å². The maximum atomic E-state index is 5.56. The fraction of sp³-hybridized carbons (Fsp3) is 0.571. The molecule has 4 aliphatic rings. The summed E-state index contributed by atoms with van der Waals surface area (Å²) in [6.45, 7) is 0.811. The standard InChI is InChI=1S/C21H26N2O2/c1-24-19-4-2-17(3-5-19)20-9-18(23-25-20)13-22-21-10-14-6-15(11-21)8-16(7-14)12-21/h2-5,9,14-16,22H,6-8,10-13H2,1H3. The molecule has 1 N–H and O–H groups in total. The molecular weight excluding hydrogens is 312 g/mol. The van der Waals surface area contributed by atoms with Crippen molar-refractivity contribution < 1.29 is 9.26 Å². The molecule has 4 nitrogen and oxygen atoms in total. The number of nitrogens with zero attached hydrogens (tertiary/aromatic N) is 1. The van der Waals surface area contributed by atoms with Crippen LogP contribution in [-0.2, 0) is 6.54 Å². The minimum atomic E-state index is 0.369. The number of rotatable bonds is 5. The van der Waals surface area contributed by atoms with E-state index < -0.39 is 0 Å². The predicted molar refractivity (Wildman–Crippen MR) is 96.2 cm³/mol. The third-order valence-electron chi connectivity index (χ3n) is 6.62. The first kappa shape index (κ1) is 15.4. The van der Waals surface area contributed by atoms with Gasteiger partial charge in [-0.05, 0) is 80.5 Å². The van der Waals surface area contributed by atoms with E-state index in [2.05, 4.69) is 16.5 Å². The second-order valence-electron chi connectivity index (χ2n) is 8.46. The molecule has 4 aliphatic carbocycles. The van der Waals surface area contributed by atoms with E-state index in [0.717, 1.165) is 47.1 Å². The highest BCUT2D eigenvalue weighted by molar-refractivity contribution is 5.58. The third-order valence-corrected chi connectivity index (χ3v) is 6.62. The van der Waals surface area contributed by atoms with Gasteiger partial charge >= 0.3 is 0 Å². The normalized spacial score (nSPS) is 32.9. The van der Waals surface area contributed by atoms with Crippen LogP contribution in [0.25, 0.3) is 11.3 Å². The molecule has 0 amide bonds. The van der Waals surface area contributed by atoms with Crippen LogP contribution in [0, 0.1) is 17.8 Å². The number of ether oxygens (including phenoxy) is 1. The number of hydrogen-bond donors (Lipinski definition) is 1. The van der Waals surface area contributed by atoms with Crippen LogP contribution in [0.15, 0.2) is 34.9 Å². The van der Waals surface area contributed by atoms with Gasteiger partial charge < -0.3 is 14.6 Å². The van der Waals surface area contributed by atoms with Crippen molar-refractivity contribution in [2.75, 3.05) is 7.11 Å². The van der Waals surface area contributed by atoms with Crippen molar-refractivity contribution in [2.45, 2.75) is 50.6 Å². The zero-order valence-electron chi connectivity index (χ0n) is 14.8. The molecular formula is C21H26N2O2. The largest absolute Gasteiger partial charge is 0.497 e. The number of benzene rings is 1. The van der Waals surface area contributed by atoms with Crippen LogP contribution in [-0.4, -0.2) is 17.8 Å². The Morgan fingerprint density at radius 1 is 1.08 bits per heavy atom. The molecule has 4 heteroatoms. The molecule has 1 aromatic carbocycles. The molecule has 4 bridgehead atoms. The number of hydrogen-bond acceptors (Lipinski definition) is 4. The molecule has 0 unspecified atom stereocenters. The highest BCUT2D eigenvalue weighted by Gasteiger charge is 2.50. The molecule has 0 aliphatic heterocycles. The van der Waals surface area contributed by atoms with Gasteiger partial charge in [0.1, 0.15) is 5.75 Å². The second-order valence-corrected chi connectivity index (χ2v) is 8.46. The smallest absolute Gasteiger partial charge is 0.167 e. The molecule has 0 spiro atoms. The summed E-state index contributed by atoms with van der Waals surface area (Å²) < 4.78 is 10.8. The maximum Gasteiger partial charge on any atom is 0.167 e. The maximum absolute atomic E-state index is 5.56. The number of methoxy groups -OCH3 is 1. The zero-order valence-corrected chi connectivity index (χ0v) is 14.8. The second kappa shape index (κ2) is 5.87. The third kappa shape index (κ3) is 2.86. The molecule has 0 radical (unpaired) electrons. The highest BCUT2D eigenvalue weighted by atomic mass is 16.5. The minimum Gasteiger partial charge on any atom is -0.497 e. The van der Waals surface area contributed by atoms with E-state index in [4.69, 9.17) is 9.26 Å². The first-order chi connectivity index (χ1) is 12.2. The van der Waals surface area contributed by atoms with Crippen molar-refractivity contribution in [3.63, 3.8) is 0 Å². The van der Waals surface area contributed by atoms with Gasteiger partial charge in [-0.25, -0.2) is 0 Å². The SMILES string of the molecule is COc1ccc(-c2cc(CNC34CC5CC(CC(C5)C3)C4)no2)cc1. The lowest BCUT2D eigenvalue weighted by Gasteiger charge is -2.57. The van der Waals surface area contributed by atoms with E-state index in [1.807, 2.05) is 24.3 Å². The summed E-state index contributed by atoms with van der Waals surface area (Å²) in [5.41, 5.74) is 2.41. The Kier molecular flexibility index (Phi) is 3.63. The Bertz CT molecular complexity index is 714. The lowest BCUT2D eigenvalue weighted by Crippen LogP contribution is -2.58. The lowest BCUT2D eigenvalue weighted by atomic mass is 9.53. The van der Waals surface area contributed by atoms with Gasteiger partial charge in [-0.2, -0.15) is 0 Å². The first-order valence-electron chi connectivity index (χ1n) is 9.56. The predicted octanol–water partition coefficient (Wildman–Crippen LogP) is 4.41. The van der Waals surface area contributed by atoms with E-state index >= 15 is 0 Å². The quantitative estimate of drug-likeness (QED) is 0.877. The van der Waals surface area contributed by atoms with E-state index in [-0.39, 0.29) is 0 Å². The van der Waals surface area contributed by atoms with Crippen molar-refractivity contribution >= 4 is 0 Å². The summed E-state index contributed by atoms with van der Waals surface area (Å²) in [5.74, 6) is 4.57. The first-order valence-corrected chi connectivity index (χ1v) is 9.56. The number of aromatic nitrogens is 1. The Hall–Kier alpha value is -1.81. The molecule has 1 aromatic heterocycles. The van der Waals surface area contributed by atoms with Crippen molar-refractivity contribution in [3.05, 3.63) is 36.0 Å². The summed E-state index contributed by atoms with van der Waals surface area (Å²) in [4.78, 5) is 0. The van der Waals surface area contributed by atoms with Gasteiger partial charge in [0.05, 0.1) is 12.8 Å². The minimum absolute atomic E-state index is 0.369. The van der Waals surface area contributed by atoms with Crippen LogP contribution >= 0.6 is 0 Å². The van der Waals surface area contributed by atoms with E-state index in [0.29, 0.717) is 5.54 Å². The van der Waals surface area contributed by atoms with Crippen LogP contribution < -0.4 is 10.1 Å². The number of nitrogens with one attached hydrogen (secondary N) is 1. The molecule has 6 rings (SSSR count). The van der Waals surface area contributed by atoms with Gasteiger partial charge in [0.2, 0.25) is 0 Å². The molecule has 1 heterocycles. The molecule has 25 heavy (non-hydrogen) atoms. The topological polar surface area (TPSA) is 47.3 Å². The molecule has 0 atom stereocenters. The Morgan fingerprint density at radius 3 is 2.32 bits per heavy atom. The fourth-order valence-corrected chi connectivity index (χ4v) is 5.89. The zero-order chi connectivity index (χ0) is 16.9. The molecule has 2 aromatic rings. The Morgan fingerprint density at radius 2 is 1.72 bits per heavy atom. The Labute approximate surface area is 148 Å². The average molecular weight is 338 g/mol. The average Bonchev–Trinajstić information content (AvgIpc) is 3.08. The van der Waals surface area contributed by atoms with E-state index in [1.165, 1.54) is 38.5 Å². The van der Waals surface area contributed by atoms with Crippen LogP contribution in [0.1, 0.15) is 44.2 Å². The monoisotopic (exact) mass is 338 g/mol. The van der Waals surface area contributed by atoms with Crippen LogP contribution in [0.2, 0.25) is 0 Å². The van der Waals surface area contributed by atoms with Crippen LogP contribution in [0.5, 0.6) is 5.75 Å². The van der Waals surface area contributed by atoms with Crippen molar-refractivity contribution in [1.29, 1.82) is 0 Å². The summed E-state index contributed by atoms with van der Waals surface area (Å²) in [6, 6.07) is 9.98. The van der Waals surface area contributed by atoms with Crippen molar-refractivity contribution in [3.8, 4) is 17.1 Å². The molecule has 4 fully saturated rings. The highest BCUT2D eigenvalue weighted by Crippen LogP contribution is 2.55. The van der Waals surface area contributed by atoms with Gasteiger partial charge in [-0.3, -0.25) is 0 Å². The molecule has 132 valence electrons. The summed E-state index contributed by atoms with van der Waals surface area (Å²) in [7, 11) is 1.68. The molecule has 4 saturated carbocycles. The summed E-state index contributed by atoms with van der Waals surface area (Å²) in [6.07, 6.45) is 8.53. The molecule has 0 saturated heterocycles. The summed E-state index contributed by atoms with van der Waals surface area (Å²) in [5, 5.41) is 8.17. The summed E-state index contributed by atoms with van der Waals surface area (Å²) >= 11 is 0. The lowest BCUT2D eigenvalue weighted by molar-refractivity contribution is -0.0208. The van der Waals surface area contributed by atoms with Gasteiger partial charge in [0.15, 0.2) is 5.76 Å². The van der Waals surface area contributed by atoms with Gasteiger partial charge in [-0.15, -0.1) is 0 Å². The van der Waals surface area contributed by atoms with Crippen molar-refractivity contribution in [2.24, 2.45) is 17.8 Å². The van der Waals surface area contributed by atoms with E-state index in [1.54, 1.807) is 7.11 Å².